The first kappa shape index (κ1) is 28.5. The fourth-order valence-corrected chi connectivity index (χ4v) is 5.33. The molecule has 0 unspecified atom stereocenters. The Labute approximate surface area is 240 Å². The third-order valence-corrected chi connectivity index (χ3v) is 8.34. The number of likely N-dealkylation sites (tertiary alicyclic amines) is 1. The van der Waals surface area contributed by atoms with Crippen LogP contribution in [-0.4, -0.2) is 81.1 Å². The Morgan fingerprint density at radius 1 is 1.20 bits per heavy atom. The van der Waals surface area contributed by atoms with Crippen LogP contribution >= 0.6 is 35.0 Å². The van der Waals surface area contributed by atoms with Gasteiger partial charge in [-0.15, -0.1) is 5.10 Å². The summed E-state index contributed by atoms with van der Waals surface area (Å²) >= 11 is 14.2. The number of nitrogens with one attached hydrogen (secondary N) is 1. The van der Waals surface area contributed by atoms with E-state index in [9.17, 15) is 22.8 Å². The average molecular weight is 616 g/mol. The molecule has 9 nitrogen and oxygen atoms in total. The van der Waals surface area contributed by atoms with Gasteiger partial charge in [0, 0.05) is 35.9 Å². The third-order valence-electron chi connectivity index (χ3n) is 6.61. The zero-order chi connectivity index (χ0) is 28.8. The number of alkyl halides is 3. The Morgan fingerprint density at radius 2 is 1.93 bits per heavy atom. The number of anilines is 1. The molecule has 0 aliphatic carbocycles. The predicted molar refractivity (Wildman–Crippen MR) is 144 cm³/mol. The topological polar surface area (TPSA) is 98.6 Å². The first-order chi connectivity index (χ1) is 18.9. The van der Waals surface area contributed by atoms with E-state index in [1.165, 1.54) is 29.1 Å². The molecule has 0 saturated carbocycles. The van der Waals surface area contributed by atoms with Gasteiger partial charge in [-0.1, -0.05) is 23.2 Å². The van der Waals surface area contributed by atoms with Gasteiger partial charge in [0.1, 0.15) is 11.8 Å². The number of amides is 2. The van der Waals surface area contributed by atoms with Gasteiger partial charge < -0.3 is 19.7 Å². The van der Waals surface area contributed by atoms with Crippen molar-refractivity contribution in [3.05, 3.63) is 63.4 Å². The Hall–Kier alpha value is -3.00. The number of aryl methyl sites for hydroxylation is 1. The number of methoxy groups -OCH3 is 1. The van der Waals surface area contributed by atoms with Crippen LogP contribution in [-0.2, 0) is 4.74 Å². The van der Waals surface area contributed by atoms with Crippen LogP contribution in [0.3, 0.4) is 0 Å². The van der Waals surface area contributed by atoms with Gasteiger partial charge in [0.15, 0.2) is 11.4 Å². The number of pyridine rings is 1. The van der Waals surface area contributed by atoms with Crippen molar-refractivity contribution in [3.8, 4) is 11.7 Å². The fourth-order valence-electron chi connectivity index (χ4n) is 4.29. The molecule has 2 amide bonds. The van der Waals surface area contributed by atoms with Crippen molar-refractivity contribution in [2.75, 3.05) is 37.0 Å². The maximum absolute atomic E-state index is 13.6. The number of nitrogens with zero attached hydrogens (tertiary/aromatic N) is 4. The summed E-state index contributed by atoms with van der Waals surface area (Å²) in [5, 5.41) is 7.49. The van der Waals surface area contributed by atoms with Crippen molar-refractivity contribution in [2.45, 2.75) is 24.8 Å². The Balaban J connectivity index is 1.46. The molecule has 5 rings (SSSR count). The first-order valence-electron chi connectivity index (χ1n) is 11.9. The van der Waals surface area contributed by atoms with E-state index in [0.717, 1.165) is 23.5 Å². The molecule has 212 valence electrons. The van der Waals surface area contributed by atoms with Crippen LogP contribution in [0.2, 0.25) is 10.0 Å². The summed E-state index contributed by atoms with van der Waals surface area (Å²) in [5.74, 6) is 0.499. The molecule has 4 heterocycles. The highest BCUT2D eigenvalue weighted by Gasteiger charge is 2.63. The first-order valence-corrected chi connectivity index (χ1v) is 13.8. The molecular formula is C25H22Cl2F3N5O4S. The number of carbonyl (C=O) groups is 2. The molecule has 0 spiro atoms. The van der Waals surface area contributed by atoms with E-state index in [1.807, 2.05) is 0 Å². The van der Waals surface area contributed by atoms with E-state index in [2.05, 4.69) is 15.4 Å². The number of aromatic nitrogens is 3. The second-order valence-electron chi connectivity index (χ2n) is 9.32. The molecule has 2 aliphatic heterocycles. The van der Waals surface area contributed by atoms with Gasteiger partial charge in [-0.25, -0.2) is 9.67 Å². The molecule has 0 atom stereocenters. The highest BCUT2D eigenvalue weighted by Crippen LogP contribution is 2.42. The molecule has 2 aliphatic rings. The lowest BCUT2D eigenvalue weighted by molar-refractivity contribution is -0.303. The van der Waals surface area contributed by atoms with Crippen molar-refractivity contribution < 1.29 is 32.2 Å². The van der Waals surface area contributed by atoms with Crippen LogP contribution in [0.15, 0.2) is 36.5 Å². The quantitative estimate of drug-likeness (QED) is 0.398. The molecular weight excluding hydrogens is 594 g/mol. The summed E-state index contributed by atoms with van der Waals surface area (Å²) in [6.07, 6.45) is -3.23. The minimum atomic E-state index is -4.66. The van der Waals surface area contributed by atoms with Crippen molar-refractivity contribution >= 4 is 52.5 Å². The van der Waals surface area contributed by atoms with Crippen LogP contribution in [0.1, 0.15) is 26.4 Å². The summed E-state index contributed by atoms with van der Waals surface area (Å²) in [4.78, 5) is 32.2. The average Bonchev–Trinajstić information content (AvgIpc) is 3.25. The summed E-state index contributed by atoms with van der Waals surface area (Å²) in [5.41, 5.74) is -2.02. The fraction of sp³-hybridized carbons (Fsp3) is 0.360. The molecule has 0 radical (unpaired) electrons. The number of rotatable bonds is 7. The van der Waals surface area contributed by atoms with Crippen LogP contribution in [0.5, 0.6) is 5.88 Å². The van der Waals surface area contributed by atoms with Gasteiger partial charge in [0.2, 0.25) is 5.88 Å². The minimum absolute atomic E-state index is 0.00903. The third kappa shape index (κ3) is 5.22. The summed E-state index contributed by atoms with van der Waals surface area (Å²) in [7, 11) is 0.948. The van der Waals surface area contributed by atoms with Crippen LogP contribution in [0.4, 0.5) is 18.9 Å². The monoisotopic (exact) mass is 615 g/mol. The number of thioether (sulfide) groups is 1. The standard InChI is InChI=1S/C25H22Cl2F3N5O4S/c1-13-6-14(26)7-16(23(37)34-11-24(12-34,38-2)25(28,29)30)20(13)32-22(36)18-8-19(39-15-9-40-10-15)33-35(18)21-17(27)4-3-5-31-21/h3-8,15H,9-12H2,1-2H3,(H,32,36). The molecule has 2 saturated heterocycles. The highest BCUT2D eigenvalue weighted by molar-refractivity contribution is 8.00. The minimum Gasteiger partial charge on any atom is -0.472 e. The predicted octanol–water partition coefficient (Wildman–Crippen LogP) is 5.03. The van der Waals surface area contributed by atoms with E-state index in [-0.39, 0.29) is 44.8 Å². The molecule has 1 aromatic carbocycles. The van der Waals surface area contributed by atoms with E-state index < -0.39 is 36.7 Å². The van der Waals surface area contributed by atoms with Gasteiger partial charge in [-0.3, -0.25) is 9.59 Å². The summed E-state index contributed by atoms with van der Waals surface area (Å²) in [6.45, 7) is 0.213. The van der Waals surface area contributed by atoms with E-state index in [1.54, 1.807) is 30.8 Å². The highest BCUT2D eigenvalue weighted by atomic mass is 35.5. The number of hydrogen-bond donors (Lipinski definition) is 1. The van der Waals surface area contributed by atoms with E-state index >= 15 is 0 Å². The Bertz CT molecular complexity index is 1480. The molecule has 0 bridgehead atoms. The maximum atomic E-state index is 13.6. The van der Waals surface area contributed by atoms with Gasteiger partial charge in [0.25, 0.3) is 11.8 Å². The van der Waals surface area contributed by atoms with Gasteiger partial charge in [-0.05, 0) is 36.8 Å². The lowest BCUT2D eigenvalue weighted by Gasteiger charge is -2.49. The van der Waals surface area contributed by atoms with Crippen LogP contribution < -0.4 is 10.1 Å². The second kappa shape index (κ2) is 10.8. The molecule has 40 heavy (non-hydrogen) atoms. The van der Waals surface area contributed by atoms with Gasteiger partial charge >= 0.3 is 6.18 Å². The van der Waals surface area contributed by atoms with Gasteiger partial charge in [0.05, 0.1) is 29.4 Å². The number of ether oxygens (including phenoxy) is 2. The van der Waals surface area contributed by atoms with Crippen LogP contribution in [0, 0.1) is 6.92 Å². The lowest BCUT2D eigenvalue weighted by atomic mass is 9.91. The zero-order valence-electron chi connectivity index (χ0n) is 21.1. The number of benzene rings is 1. The number of halogens is 5. The summed E-state index contributed by atoms with van der Waals surface area (Å²) < 4.78 is 52.3. The molecule has 2 aromatic heterocycles. The van der Waals surface area contributed by atoms with E-state index in [0.29, 0.717) is 5.56 Å². The van der Waals surface area contributed by atoms with Crippen molar-refractivity contribution in [1.82, 2.24) is 19.7 Å². The second-order valence-corrected chi connectivity index (χ2v) is 11.2. The molecule has 3 aromatic rings. The molecule has 15 heteroatoms. The zero-order valence-corrected chi connectivity index (χ0v) is 23.4. The lowest BCUT2D eigenvalue weighted by Crippen LogP contribution is -2.71. The molecule has 2 fully saturated rings. The molecule has 1 N–H and O–H groups in total. The normalized spacial score (nSPS) is 16.7. The smallest absolute Gasteiger partial charge is 0.420 e. The van der Waals surface area contributed by atoms with Crippen molar-refractivity contribution in [3.63, 3.8) is 0 Å². The maximum Gasteiger partial charge on any atom is 0.420 e. The SMILES string of the molecule is COC1(C(F)(F)F)CN(C(=O)c2cc(Cl)cc(C)c2NC(=O)c2cc(OC3CSC3)nn2-c2ncccc2Cl)C1. The Kier molecular flexibility index (Phi) is 7.68. The summed E-state index contributed by atoms with van der Waals surface area (Å²) in [6, 6.07) is 7.46. The largest absolute Gasteiger partial charge is 0.472 e. The van der Waals surface area contributed by atoms with E-state index in [4.69, 9.17) is 32.7 Å². The number of hydrogen-bond acceptors (Lipinski definition) is 7. The van der Waals surface area contributed by atoms with Crippen molar-refractivity contribution in [1.29, 1.82) is 0 Å². The van der Waals surface area contributed by atoms with Gasteiger partial charge in [-0.2, -0.15) is 24.9 Å². The van der Waals surface area contributed by atoms with Crippen LogP contribution in [0.25, 0.3) is 5.82 Å². The van der Waals surface area contributed by atoms with Crippen molar-refractivity contribution in [2.24, 2.45) is 0 Å². The number of carbonyl (C=O) groups excluding carboxylic acids is 2. The Morgan fingerprint density at radius 3 is 2.52 bits per heavy atom.